The van der Waals surface area contributed by atoms with Gasteiger partial charge >= 0.3 is 0 Å². The summed E-state index contributed by atoms with van der Waals surface area (Å²) in [6, 6.07) is 7.19. The van der Waals surface area contributed by atoms with Gasteiger partial charge in [-0.15, -0.1) is 0 Å². The van der Waals surface area contributed by atoms with Crippen molar-refractivity contribution in [2.24, 2.45) is 5.73 Å². The maximum atomic E-state index is 11.0. The number of aliphatic hydroxyl groups is 1. The highest BCUT2D eigenvalue weighted by molar-refractivity contribution is 5.92. The minimum Gasteiger partial charge on any atom is -0.394 e. The van der Waals surface area contributed by atoms with Gasteiger partial charge in [0.2, 0.25) is 5.91 Å². The predicted molar refractivity (Wildman–Crippen MR) is 64.6 cm³/mol. The maximum Gasteiger partial charge on any atom is 0.248 e. The van der Waals surface area contributed by atoms with E-state index in [1.807, 2.05) is 6.07 Å². The summed E-state index contributed by atoms with van der Waals surface area (Å²) in [6.07, 6.45) is 0. The van der Waals surface area contributed by atoms with Gasteiger partial charge in [-0.05, 0) is 17.7 Å². The van der Waals surface area contributed by atoms with Crippen LogP contribution in [0.15, 0.2) is 24.3 Å². The number of aliphatic hydroxyl groups excluding tert-OH is 1. The Balaban J connectivity index is 2.27. The van der Waals surface area contributed by atoms with Crippen molar-refractivity contribution < 1.29 is 14.6 Å². The summed E-state index contributed by atoms with van der Waals surface area (Å²) >= 11 is 0. The Bertz CT molecular complexity index is 355. The van der Waals surface area contributed by atoms with E-state index in [-0.39, 0.29) is 6.61 Å². The van der Waals surface area contributed by atoms with Crippen LogP contribution in [0, 0.1) is 0 Å². The maximum absolute atomic E-state index is 11.0. The quantitative estimate of drug-likeness (QED) is 0.551. The fourth-order valence-corrected chi connectivity index (χ4v) is 1.38. The molecule has 0 fully saturated rings. The number of benzene rings is 1. The highest BCUT2D eigenvalue weighted by Gasteiger charge is 2.00. The molecular formula is C12H18N2O3. The van der Waals surface area contributed by atoms with Crippen molar-refractivity contribution in [1.82, 2.24) is 5.32 Å². The second-order valence-electron chi connectivity index (χ2n) is 3.58. The van der Waals surface area contributed by atoms with Crippen molar-refractivity contribution in [1.29, 1.82) is 0 Å². The van der Waals surface area contributed by atoms with Crippen LogP contribution in [0.5, 0.6) is 0 Å². The molecule has 0 aliphatic rings. The Morgan fingerprint density at radius 2 is 2.24 bits per heavy atom. The minimum absolute atomic E-state index is 0.0423. The Morgan fingerprint density at radius 1 is 1.41 bits per heavy atom. The molecule has 94 valence electrons. The van der Waals surface area contributed by atoms with Crippen LogP contribution >= 0.6 is 0 Å². The number of hydrogen-bond acceptors (Lipinski definition) is 4. The standard InChI is InChI=1S/C12H18N2O3/c13-12(16)11-3-1-2-10(8-11)9-14-4-6-17-7-5-15/h1-3,8,14-15H,4-7,9H2,(H2,13,16). The van der Waals surface area contributed by atoms with E-state index in [2.05, 4.69) is 5.32 Å². The van der Waals surface area contributed by atoms with E-state index in [0.717, 1.165) is 5.56 Å². The Hall–Kier alpha value is -1.43. The zero-order valence-corrected chi connectivity index (χ0v) is 9.69. The first-order valence-electron chi connectivity index (χ1n) is 5.52. The second-order valence-corrected chi connectivity index (χ2v) is 3.58. The second kappa shape index (κ2) is 7.78. The number of ether oxygens (including phenoxy) is 1. The topological polar surface area (TPSA) is 84.6 Å². The van der Waals surface area contributed by atoms with Crippen molar-refractivity contribution >= 4 is 5.91 Å². The van der Waals surface area contributed by atoms with Crippen molar-refractivity contribution in [2.75, 3.05) is 26.4 Å². The first kappa shape index (κ1) is 13.6. The molecule has 0 bridgehead atoms. The van der Waals surface area contributed by atoms with E-state index in [1.54, 1.807) is 18.2 Å². The largest absolute Gasteiger partial charge is 0.394 e. The van der Waals surface area contributed by atoms with Gasteiger partial charge in [0.15, 0.2) is 0 Å². The lowest BCUT2D eigenvalue weighted by atomic mass is 10.1. The molecule has 5 heteroatoms. The average molecular weight is 238 g/mol. The molecule has 0 heterocycles. The lowest BCUT2D eigenvalue weighted by Gasteiger charge is -2.06. The van der Waals surface area contributed by atoms with Gasteiger partial charge in [0, 0.05) is 18.7 Å². The van der Waals surface area contributed by atoms with Gasteiger partial charge in [-0.2, -0.15) is 0 Å². The molecule has 1 rings (SSSR count). The van der Waals surface area contributed by atoms with Gasteiger partial charge in [0.1, 0.15) is 0 Å². The molecule has 0 atom stereocenters. The molecule has 0 unspecified atom stereocenters. The smallest absolute Gasteiger partial charge is 0.248 e. The number of nitrogens with one attached hydrogen (secondary N) is 1. The molecule has 0 saturated heterocycles. The van der Waals surface area contributed by atoms with Crippen molar-refractivity contribution in [3.63, 3.8) is 0 Å². The molecule has 1 aromatic carbocycles. The molecule has 0 saturated carbocycles. The van der Waals surface area contributed by atoms with Crippen molar-refractivity contribution in [2.45, 2.75) is 6.54 Å². The fourth-order valence-electron chi connectivity index (χ4n) is 1.38. The normalized spacial score (nSPS) is 10.4. The first-order chi connectivity index (χ1) is 8.24. The number of carbonyl (C=O) groups is 1. The molecule has 1 aromatic rings. The summed E-state index contributed by atoms with van der Waals surface area (Å²) in [6.45, 7) is 2.31. The van der Waals surface area contributed by atoms with Crippen LogP contribution in [0.3, 0.4) is 0 Å². The van der Waals surface area contributed by atoms with Crippen LogP contribution in [0.25, 0.3) is 0 Å². The highest BCUT2D eigenvalue weighted by atomic mass is 16.5. The molecule has 4 N–H and O–H groups in total. The van der Waals surface area contributed by atoms with Crippen LogP contribution in [0.2, 0.25) is 0 Å². The molecule has 1 amide bonds. The molecule has 0 aromatic heterocycles. The van der Waals surface area contributed by atoms with E-state index >= 15 is 0 Å². The lowest BCUT2D eigenvalue weighted by Crippen LogP contribution is -2.20. The number of carbonyl (C=O) groups excluding carboxylic acids is 1. The third-order valence-corrected chi connectivity index (χ3v) is 2.20. The molecule has 0 aliphatic heterocycles. The van der Waals surface area contributed by atoms with Gasteiger partial charge in [-0.3, -0.25) is 4.79 Å². The zero-order chi connectivity index (χ0) is 12.5. The van der Waals surface area contributed by atoms with E-state index in [9.17, 15) is 4.79 Å². The van der Waals surface area contributed by atoms with Gasteiger partial charge in [-0.25, -0.2) is 0 Å². The van der Waals surface area contributed by atoms with Crippen LogP contribution < -0.4 is 11.1 Å². The molecule has 0 spiro atoms. The van der Waals surface area contributed by atoms with Crippen LogP contribution in [-0.4, -0.2) is 37.4 Å². The summed E-state index contributed by atoms with van der Waals surface area (Å²) < 4.78 is 5.10. The predicted octanol–water partition coefficient (Wildman–Crippen LogP) is -0.116. The highest BCUT2D eigenvalue weighted by Crippen LogP contribution is 2.04. The fraction of sp³-hybridized carbons (Fsp3) is 0.417. The van der Waals surface area contributed by atoms with Crippen LogP contribution in [0.1, 0.15) is 15.9 Å². The molecular weight excluding hydrogens is 220 g/mol. The Labute approximate surface area is 101 Å². The van der Waals surface area contributed by atoms with Gasteiger partial charge in [0.05, 0.1) is 19.8 Å². The van der Waals surface area contributed by atoms with Crippen molar-refractivity contribution in [3.8, 4) is 0 Å². The number of hydrogen-bond donors (Lipinski definition) is 3. The number of primary amides is 1. The van der Waals surface area contributed by atoms with Crippen LogP contribution in [0.4, 0.5) is 0 Å². The summed E-state index contributed by atoms with van der Waals surface area (Å²) in [7, 11) is 0. The van der Waals surface area contributed by atoms with Gasteiger partial charge in [-0.1, -0.05) is 12.1 Å². The van der Waals surface area contributed by atoms with E-state index in [1.165, 1.54) is 0 Å². The monoisotopic (exact) mass is 238 g/mol. The van der Waals surface area contributed by atoms with E-state index in [0.29, 0.717) is 31.9 Å². The number of nitrogens with two attached hydrogens (primary N) is 1. The molecule has 0 radical (unpaired) electrons. The lowest BCUT2D eigenvalue weighted by molar-refractivity contribution is 0.0938. The van der Waals surface area contributed by atoms with E-state index < -0.39 is 5.91 Å². The summed E-state index contributed by atoms with van der Waals surface area (Å²) in [5, 5.41) is 11.7. The summed E-state index contributed by atoms with van der Waals surface area (Å²) in [5.41, 5.74) is 6.71. The van der Waals surface area contributed by atoms with Gasteiger partial charge < -0.3 is 20.9 Å². The zero-order valence-electron chi connectivity index (χ0n) is 9.69. The summed E-state index contributed by atoms with van der Waals surface area (Å²) in [4.78, 5) is 11.0. The molecule has 17 heavy (non-hydrogen) atoms. The molecule has 0 aliphatic carbocycles. The third kappa shape index (κ3) is 5.44. The average Bonchev–Trinajstić information content (AvgIpc) is 2.34. The van der Waals surface area contributed by atoms with Gasteiger partial charge in [0.25, 0.3) is 0 Å². The SMILES string of the molecule is NC(=O)c1cccc(CNCCOCCO)c1. The number of amides is 1. The van der Waals surface area contributed by atoms with E-state index in [4.69, 9.17) is 15.6 Å². The Morgan fingerprint density at radius 3 is 2.94 bits per heavy atom. The minimum atomic E-state index is -0.418. The third-order valence-electron chi connectivity index (χ3n) is 2.20. The number of rotatable bonds is 8. The Kier molecular flexibility index (Phi) is 6.24. The molecule has 5 nitrogen and oxygen atoms in total. The van der Waals surface area contributed by atoms with Crippen molar-refractivity contribution in [3.05, 3.63) is 35.4 Å². The first-order valence-corrected chi connectivity index (χ1v) is 5.52. The van der Waals surface area contributed by atoms with Crippen LogP contribution in [-0.2, 0) is 11.3 Å². The summed E-state index contributed by atoms with van der Waals surface area (Å²) in [5.74, 6) is -0.418.